The summed E-state index contributed by atoms with van der Waals surface area (Å²) in [5.74, 6) is -2.79. The number of hydrogen-bond acceptors (Lipinski definition) is 4. The Labute approximate surface area is 165 Å². The fraction of sp³-hybridized carbons (Fsp3) is 0.389. The van der Waals surface area contributed by atoms with E-state index in [1.54, 1.807) is 29.3 Å². The van der Waals surface area contributed by atoms with Crippen LogP contribution in [0.5, 0.6) is 0 Å². The van der Waals surface area contributed by atoms with Crippen molar-refractivity contribution < 1.29 is 13.6 Å². The van der Waals surface area contributed by atoms with E-state index in [0.29, 0.717) is 35.0 Å². The minimum atomic E-state index is -2.54. The van der Waals surface area contributed by atoms with Gasteiger partial charge in [0.25, 0.3) is 11.8 Å². The zero-order valence-corrected chi connectivity index (χ0v) is 16.3. The fourth-order valence-electron chi connectivity index (χ4n) is 2.60. The van der Waals surface area contributed by atoms with E-state index < -0.39 is 11.8 Å². The lowest BCUT2D eigenvalue weighted by molar-refractivity contribution is -0.115. The lowest BCUT2D eigenvalue weighted by atomic mass is 10.3. The maximum absolute atomic E-state index is 12.9. The molecule has 1 saturated carbocycles. The molecule has 1 amide bonds. The highest BCUT2D eigenvalue weighted by molar-refractivity contribution is 7.99. The van der Waals surface area contributed by atoms with Crippen LogP contribution >= 0.6 is 23.4 Å². The predicted molar refractivity (Wildman–Crippen MR) is 104 cm³/mol. The van der Waals surface area contributed by atoms with Crippen molar-refractivity contribution in [2.45, 2.75) is 19.3 Å². The number of nitrogens with zero attached hydrogens (tertiary/aromatic N) is 4. The largest absolute Gasteiger partial charge is 0.305 e. The van der Waals surface area contributed by atoms with Crippen molar-refractivity contribution in [3.8, 4) is 5.69 Å². The van der Waals surface area contributed by atoms with Gasteiger partial charge in [0.2, 0.25) is 0 Å². The van der Waals surface area contributed by atoms with Crippen LogP contribution in [0.25, 0.3) is 5.69 Å². The molecule has 2 aromatic rings. The van der Waals surface area contributed by atoms with Gasteiger partial charge in [0.05, 0.1) is 18.1 Å². The third kappa shape index (κ3) is 4.50. The molecule has 9 heteroatoms. The normalized spacial score (nSPS) is 17.6. The molecule has 1 fully saturated rings. The Morgan fingerprint density at radius 3 is 2.89 bits per heavy atom. The summed E-state index contributed by atoms with van der Waals surface area (Å²) >= 11 is 7.54. The summed E-state index contributed by atoms with van der Waals surface area (Å²) in [7, 11) is 0. The van der Waals surface area contributed by atoms with Crippen LogP contribution in [0.1, 0.15) is 13.3 Å². The number of halogens is 3. The van der Waals surface area contributed by atoms with E-state index in [1.165, 1.54) is 16.7 Å². The van der Waals surface area contributed by atoms with Crippen LogP contribution in [0.15, 0.2) is 42.9 Å². The summed E-state index contributed by atoms with van der Waals surface area (Å²) in [6, 6.07) is 3.59. The van der Waals surface area contributed by atoms with Crippen LogP contribution in [0, 0.1) is 5.92 Å². The molecule has 0 radical (unpaired) electrons. The highest BCUT2D eigenvalue weighted by Crippen LogP contribution is 2.50. The molecule has 2 aromatic heterocycles. The first kappa shape index (κ1) is 19.8. The molecule has 2 heterocycles. The molecule has 3 rings (SSSR count). The minimum Gasteiger partial charge on any atom is -0.305 e. The molecule has 1 unspecified atom stereocenters. The Morgan fingerprint density at radius 1 is 1.56 bits per heavy atom. The van der Waals surface area contributed by atoms with Gasteiger partial charge in [0.15, 0.2) is 5.15 Å². The van der Waals surface area contributed by atoms with Crippen LogP contribution in [-0.2, 0) is 4.79 Å². The van der Waals surface area contributed by atoms with Crippen molar-refractivity contribution in [2.24, 2.45) is 5.92 Å². The number of rotatable bonds is 8. The first-order valence-electron chi connectivity index (χ1n) is 8.44. The second-order valence-corrected chi connectivity index (χ2v) is 7.68. The van der Waals surface area contributed by atoms with Gasteiger partial charge < -0.3 is 4.90 Å². The number of amides is 1. The number of alkyl halides is 2. The summed E-state index contributed by atoms with van der Waals surface area (Å²) in [5, 5.41) is 4.42. The van der Waals surface area contributed by atoms with Crippen LogP contribution in [-0.4, -0.2) is 44.6 Å². The predicted octanol–water partition coefficient (Wildman–Crippen LogP) is 4.22. The second kappa shape index (κ2) is 7.98. The quantitative estimate of drug-likeness (QED) is 0.609. The molecular weight excluding hydrogens is 394 g/mol. The first-order valence-corrected chi connectivity index (χ1v) is 9.97. The zero-order chi connectivity index (χ0) is 19.6. The van der Waals surface area contributed by atoms with Crippen molar-refractivity contribution in [2.75, 3.05) is 23.0 Å². The van der Waals surface area contributed by atoms with E-state index in [9.17, 15) is 13.6 Å². The van der Waals surface area contributed by atoms with E-state index in [-0.39, 0.29) is 17.5 Å². The summed E-state index contributed by atoms with van der Waals surface area (Å²) < 4.78 is 27.4. The smallest absolute Gasteiger partial charge is 0.254 e. The topological polar surface area (TPSA) is 51.0 Å². The van der Waals surface area contributed by atoms with Gasteiger partial charge in [-0.05, 0) is 19.1 Å². The van der Waals surface area contributed by atoms with Crippen LogP contribution < -0.4 is 4.90 Å². The van der Waals surface area contributed by atoms with E-state index in [1.807, 2.05) is 13.0 Å². The average molecular weight is 413 g/mol. The summed E-state index contributed by atoms with van der Waals surface area (Å²) in [6.07, 6.45) is 4.88. The number of carbonyl (C=O) groups is 1. The third-order valence-electron chi connectivity index (χ3n) is 4.27. The Bertz CT molecular complexity index is 843. The summed E-state index contributed by atoms with van der Waals surface area (Å²) in [5.41, 5.74) is 1.53. The molecule has 1 atom stereocenters. The van der Waals surface area contributed by atoms with Crippen LogP contribution in [0.2, 0.25) is 5.15 Å². The number of anilines is 1. The molecule has 0 aromatic carbocycles. The van der Waals surface area contributed by atoms with E-state index in [4.69, 9.17) is 11.6 Å². The highest BCUT2D eigenvalue weighted by atomic mass is 35.5. The monoisotopic (exact) mass is 412 g/mol. The van der Waals surface area contributed by atoms with Crippen molar-refractivity contribution >= 4 is 35.0 Å². The Hall–Kier alpha value is -1.93. The number of carbonyl (C=O) groups excluding carboxylic acids is 1. The van der Waals surface area contributed by atoms with Crippen LogP contribution in [0.3, 0.4) is 0 Å². The lowest BCUT2D eigenvalue weighted by Gasteiger charge is -2.20. The Balaban J connectivity index is 1.66. The standard InChI is InChI=1S/C18H19ClF2N4OS/c1-3-24(17(26)12(2)10-27-11-13-7-18(13,20)21)15-9-25(23-16(15)19)14-5-4-6-22-8-14/h4-6,8-9,13H,2-3,7,10-11H2,1H3. The SMILES string of the molecule is C=C(CSCC1CC1(F)F)C(=O)N(CC)c1cn(-c2cccnc2)nc1Cl. The molecule has 1 aliphatic carbocycles. The number of aromatic nitrogens is 3. The van der Waals surface area contributed by atoms with Crippen LogP contribution in [0.4, 0.5) is 14.5 Å². The Kier molecular flexibility index (Phi) is 5.86. The molecule has 0 saturated heterocycles. The van der Waals surface area contributed by atoms with E-state index in [0.717, 1.165) is 0 Å². The fourth-order valence-corrected chi connectivity index (χ4v) is 3.96. The third-order valence-corrected chi connectivity index (χ3v) is 5.73. The zero-order valence-electron chi connectivity index (χ0n) is 14.7. The van der Waals surface area contributed by atoms with Gasteiger partial charge in [-0.1, -0.05) is 18.2 Å². The van der Waals surface area contributed by atoms with Crippen molar-refractivity contribution in [1.29, 1.82) is 0 Å². The first-order chi connectivity index (χ1) is 12.8. The molecule has 144 valence electrons. The van der Waals surface area contributed by atoms with Gasteiger partial charge in [0, 0.05) is 42.2 Å². The molecule has 1 aliphatic rings. The van der Waals surface area contributed by atoms with E-state index in [2.05, 4.69) is 16.7 Å². The number of hydrogen-bond donors (Lipinski definition) is 0. The molecule has 0 bridgehead atoms. The number of likely N-dealkylation sites (N-methyl/N-ethyl adjacent to an activating group) is 1. The molecule has 0 spiro atoms. The van der Waals surface area contributed by atoms with Gasteiger partial charge in [-0.2, -0.15) is 16.9 Å². The van der Waals surface area contributed by atoms with Gasteiger partial charge in [-0.25, -0.2) is 13.5 Å². The second-order valence-electron chi connectivity index (χ2n) is 6.29. The number of thioether (sulfide) groups is 1. The van der Waals surface area contributed by atoms with E-state index >= 15 is 0 Å². The van der Waals surface area contributed by atoms with Gasteiger partial charge >= 0.3 is 0 Å². The molecule has 5 nitrogen and oxygen atoms in total. The van der Waals surface area contributed by atoms with Crippen molar-refractivity contribution in [3.05, 3.63) is 48.0 Å². The molecule has 0 N–H and O–H groups in total. The minimum absolute atomic E-state index is 0.0648. The molecule has 0 aliphatic heterocycles. The van der Waals surface area contributed by atoms with Crippen molar-refractivity contribution in [1.82, 2.24) is 14.8 Å². The maximum atomic E-state index is 12.9. The molecule has 27 heavy (non-hydrogen) atoms. The summed E-state index contributed by atoms with van der Waals surface area (Å²) in [4.78, 5) is 18.3. The van der Waals surface area contributed by atoms with Gasteiger partial charge in [-0.15, -0.1) is 0 Å². The van der Waals surface area contributed by atoms with Gasteiger partial charge in [-0.3, -0.25) is 9.78 Å². The maximum Gasteiger partial charge on any atom is 0.254 e. The van der Waals surface area contributed by atoms with Crippen molar-refractivity contribution in [3.63, 3.8) is 0 Å². The number of pyridine rings is 1. The van der Waals surface area contributed by atoms with Gasteiger partial charge in [0.1, 0.15) is 5.69 Å². The Morgan fingerprint density at radius 2 is 2.30 bits per heavy atom. The highest BCUT2D eigenvalue weighted by Gasteiger charge is 2.56. The molecular formula is C18H19ClF2N4OS. The lowest BCUT2D eigenvalue weighted by Crippen LogP contribution is -2.32. The summed E-state index contributed by atoms with van der Waals surface area (Å²) in [6.45, 7) is 6.01. The average Bonchev–Trinajstić information content (AvgIpc) is 3.08.